The molecule has 1 aliphatic carbocycles. The Morgan fingerprint density at radius 3 is 2.81 bits per heavy atom. The van der Waals surface area contributed by atoms with Gasteiger partial charge in [0.25, 0.3) is 0 Å². The van der Waals surface area contributed by atoms with E-state index in [4.69, 9.17) is 4.74 Å². The number of nitrogens with one attached hydrogen (secondary N) is 2. The molecule has 2 fully saturated rings. The summed E-state index contributed by atoms with van der Waals surface area (Å²) in [6.45, 7) is 6.07. The van der Waals surface area contributed by atoms with Gasteiger partial charge in [-0.3, -0.25) is 9.78 Å². The van der Waals surface area contributed by atoms with E-state index in [0.29, 0.717) is 43.2 Å². The number of nitrogens with zero attached hydrogens (tertiary/aromatic N) is 2. The number of rotatable bonds is 6. The minimum absolute atomic E-state index is 0.116. The fourth-order valence-corrected chi connectivity index (χ4v) is 3.94. The zero-order valence-electron chi connectivity index (χ0n) is 15.6. The van der Waals surface area contributed by atoms with Crippen molar-refractivity contribution in [2.45, 2.75) is 45.6 Å². The minimum Gasteiger partial charge on any atom is -0.383 e. The number of pyridine rings is 1. The summed E-state index contributed by atoms with van der Waals surface area (Å²) in [5, 5.41) is 15.9. The largest absolute Gasteiger partial charge is 0.383 e. The van der Waals surface area contributed by atoms with Crippen molar-refractivity contribution in [2.24, 2.45) is 17.8 Å². The molecule has 1 atom stereocenters. The van der Waals surface area contributed by atoms with E-state index in [-0.39, 0.29) is 11.8 Å². The highest BCUT2D eigenvalue weighted by Gasteiger charge is 2.33. The molecule has 1 aromatic rings. The third kappa shape index (κ3) is 4.53. The van der Waals surface area contributed by atoms with E-state index in [1.54, 1.807) is 6.20 Å². The first kappa shape index (κ1) is 18.7. The van der Waals surface area contributed by atoms with Crippen molar-refractivity contribution >= 4 is 11.6 Å². The topological polar surface area (TPSA) is 87.0 Å². The number of amides is 1. The molecule has 1 aliphatic heterocycles. The van der Waals surface area contributed by atoms with Crippen molar-refractivity contribution < 1.29 is 9.53 Å². The Hall–Kier alpha value is -2.13. The van der Waals surface area contributed by atoms with E-state index in [0.717, 1.165) is 37.1 Å². The van der Waals surface area contributed by atoms with E-state index < -0.39 is 0 Å². The maximum atomic E-state index is 12.9. The SMILES string of the molecule is Cc1cc(NCC(C(=O)NC2CC(C)C2)C2CCOCC2)c(C#N)cn1. The highest BCUT2D eigenvalue weighted by molar-refractivity contribution is 5.80. The summed E-state index contributed by atoms with van der Waals surface area (Å²) in [4.78, 5) is 17.1. The van der Waals surface area contributed by atoms with Crippen molar-refractivity contribution in [3.8, 4) is 6.07 Å². The van der Waals surface area contributed by atoms with Crippen LogP contribution in [0.2, 0.25) is 0 Å². The standard InChI is InChI=1S/C20H28N4O2/c1-13-7-17(8-13)24-20(25)18(15-3-5-26-6-4-15)12-23-19-9-14(2)22-11-16(19)10-21/h9,11,13,15,17-18H,3-8,12H2,1-2H3,(H,22,23)(H,24,25). The zero-order chi connectivity index (χ0) is 18.5. The van der Waals surface area contributed by atoms with Crippen LogP contribution in [0.5, 0.6) is 0 Å². The third-order valence-corrected chi connectivity index (χ3v) is 5.57. The molecule has 1 amide bonds. The van der Waals surface area contributed by atoms with Gasteiger partial charge < -0.3 is 15.4 Å². The number of nitriles is 1. The van der Waals surface area contributed by atoms with Crippen LogP contribution in [-0.2, 0) is 9.53 Å². The second kappa shape index (κ2) is 8.50. The van der Waals surface area contributed by atoms with Gasteiger partial charge in [-0.1, -0.05) is 6.92 Å². The maximum absolute atomic E-state index is 12.9. The molecule has 140 valence electrons. The zero-order valence-corrected chi connectivity index (χ0v) is 15.6. The molecule has 1 saturated heterocycles. The minimum atomic E-state index is -0.116. The molecular formula is C20H28N4O2. The lowest BCUT2D eigenvalue weighted by molar-refractivity contribution is -0.129. The van der Waals surface area contributed by atoms with Gasteiger partial charge in [-0.25, -0.2) is 0 Å². The molecule has 2 heterocycles. The number of carbonyl (C=O) groups excluding carboxylic acids is 1. The maximum Gasteiger partial charge on any atom is 0.225 e. The first-order valence-electron chi connectivity index (χ1n) is 9.55. The lowest BCUT2D eigenvalue weighted by Gasteiger charge is -2.36. The van der Waals surface area contributed by atoms with Crippen molar-refractivity contribution in [1.29, 1.82) is 5.26 Å². The average molecular weight is 356 g/mol. The second-order valence-corrected chi connectivity index (χ2v) is 7.70. The Kier molecular flexibility index (Phi) is 6.10. The lowest BCUT2D eigenvalue weighted by Crippen LogP contribution is -2.49. The Morgan fingerprint density at radius 1 is 1.42 bits per heavy atom. The molecule has 0 aromatic carbocycles. The summed E-state index contributed by atoms with van der Waals surface area (Å²) < 4.78 is 5.47. The van der Waals surface area contributed by atoms with Crippen LogP contribution in [0.3, 0.4) is 0 Å². The van der Waals surface area contributed by atoms with Gasteiger partial charge in [0.15, 0.2) is 0 Å². The van der Waals surface area contributed by atoms with Crippen molar-refractivity contribution in [3.63, 3.8) is 0 Å². The fraction of sp³-hybridized carbons (Fsp3) is 0.650. The summed E-state index contributed by atoms with van der Waals surface area (Å²) >= 11 is 0. The number of anilines is 1. The Bertz CT molecular complexity index is 673. The molecule has 0 radical (unpaired) electrons. The van der Waals surface area contributed by atoms with Crippen LogP contribution in [0.25, 0.3) is 0 Å². The number of aryl methyl sites for hydroxylation is 1. The Morgan fingerprint density at radius 2 is 2.15 bits per heavy atom. The second-order valence-electron chi connectivity index (χ2n) is 7.70. The molecule has 3 rings (SSSR count). The van der Waals surface area contributed by atoms with E-state index in [2.05, 4.69) is 28.6 Å². The molecule has 2 aliphatic rings. The molecule has 0 bridgehead atoms. The first-order valence-corrected chi connectivity index (χ1v) is 9.55. The highest BCUT2D eigenvalue weighted by atomic mass is 16.5. The number of carbonyl (C=O) groups is 1. The van der Waals surface area contributed by atoms with Gasteiger partial charge >= 0.3 is 0 Å². The van der Waals surface area contributed by atoms with E-state index in [9.17, 15) is 10.1 Å². The quantitative estimate of drug-likeness (QED) is 0.818. The van der Waals surface area contributed by atoms with Crippen LogP contribution in [0.4, 0.5) is 5.69 Å². The fourth-order valence-electron chi connectivity index (χ4n) is 3.94. The van der Waals surface area contributed by atoms with Gasteiger partial charge in [0.05, 0.1) is 17.2 Å². The van der Waals surface area contributed by atoms with Crippen LogP contribution in [-0.4, -0.2) is 36.7 Å². The molecule has 26 heavy (non-hydrogen) atoms. The van der Waals surface area contributed by atoms with E-state index in [1.807, 2.05) is 13.0 Å². The molecule has 1 unspecified atom stereocenters. The molecule has 6 nitrogen and oxygen atoms in total. The summed E-state index contributed by atoms with van der Waals surface area (Å²) in [7, 11) is 0. The smallest absolute Gasteiger partial charge is 0.225 e. The molecule has 1 aromatic heterocycles. The molecule has 6 heteroatoms. The van der Waals surface area contributed by atoms with E-state index in [1.165, 1.54) is 0 Å². The van der Waals surface area contributed by atoms with Gasteiger partial charge in [-0.05, 0) is 50.5 Å². The van der Waals surface area contributed by atoms with Crippen LogP contribution in [0.1, 0.15) is 43.9 Å². The third-order valence-electron chi connectivity index (χ3n) is 5.57. The average Bonchev–Trinajstić information content (AvgIpc) is 2.61. The van der Waals surface area contributed by atoms with Crippen molar-refractivity contribution in [2.75, 3.05) is 25.1 Å². The summed E-state index contributed by atoms with van der Waals surface area (Å²) in [5.74, 6) is 1.03. The Balaban J connectivity index is 1.68. The summed E-state index contributed by atoms with van der Waals surface area (Å²) in [5.41, 5.74) is 2.11. The summed E-state index contributed by atoms with van der Waals surface area (Å²) in [6, 6.07) is 4.35. The van der Waals surface area contributed by atoms with Gasteiger partial charge in [0.2, 0.25) is 5.91 Å². The van der Waals surface area contributed by atoms with Crippen molar-refractivity contribution in [1.82, 2.24) is 10.3 Å². The van der Waals surface area contributed by atoms with Crippen LogP contribution in [0.15, 0.2) is 12.3 Å². The van der Waals surface area contributed by atoms with Gasteiger partial charge in [-0.15, -0.1) is 0 Å². The van der Waals surface area contributed by atoms with Gasteiger partial charge in [0, 0.05) is 37.7 Å². The van der Waals surface area contributed by atoms with Crippen LogP contribution >= 0.6 is 0 Å². The normalized spacial score (nSPS) is 24.2. The molecule has 1 saturated carbocycles. The van der Waals surface area contributed by atoms with Crippen LogP contribution in [0, 0.1) is 36.0 Å². The highest BCUT2D eigenvalue weighted by Crippen LogP contribution is 2.29. The Labute approximate surface area is 155 Å². The summed E-state index contributed by atoms with van der Waals surface area (Å²) in [6.07, 6.45) is 5.53. The van der Waals surface area contributed by atoms with Crippen molar-refractivity contribution in [3.05, 3.63) is 23.5 Å². The number of aromatic nitrogens is 1. The van der Waals surface area contributed by atoms with Gasteiger partial charge in [0.1, 0.15) is 6.07 Å². The van der Waals surface area contributed by atoms with E-state index >= 15 is 0 Å². The first-order chi connectivity index (χ1) is 12.6. The number of ether oxygens (including phenoxy) is 1. The predicted octanol–water partition coefficient (Wildman–Crippen LogP) is 2.63. The lowest BCUT2D eigenvalue weighted by atomic mass is 9.80. The molecule has 0 spiro atoms. The van der Waals surface area contributed by atoms with Crippen LogP contribution < -0.4 is 10.6 Å². The predicted molar refractivity (Wildman–Crippen MR) is 99.5 cm³/mol. The monoisotopic (exact) mass is 356 g/mol. The van der Waals surface area contributed by atoms with Gasteiger partial charge in [-0.2, -0.15) is 5.26 Å². The molecular weight excluding hydrogens is 328 g/mol. The number of hydrogen-bond donors (Lipinski definition) is 2. The molecule has 2 N–H and O–H groups in total. The number of hydrogen-bond acceptors (Lipinski definition) is 5.